The van der Waals surface area contributed by atoms with Crippen molar-refractivity contribution >= 4 is 0 Å². The lowest BCUT2D eigenvalue weighted by atomic mass is 10.4. The van der Waals surface area contributed by atoms with Gasteiger partial charge in [-0.05, 0) is 12.8 Å². The highest BCUT2D eigenvalue weighted by molar-refractivity contribution is 5.21. The van der Waals surface area contributed by atoms with Gasteiger partial charge in [0.15, 0.2) is 11.6 Å². The first kappa shape index (κ1) is 10.2. The number of aromatic nitrogens is 5. The summed E-state index contributed by atoms with van der Waals surface area (Å²) in [4.78, 5) is 22.6. The standard InChI is InChI=1S/C10H12N6O/c11-4-7-12-5-16(15-7)8-3-9(17)14-10(13-8)6-1-2-6/h3,5-6H,1-2,4,11H2,(H,13,14,17). The molecule has 3 N–H and O–H groups in total. The van der Waals surface area contributed by atoms with Crippen molar-refractivity contribution in [2.45, 2.75) is 25.3 Å². The number of aromatic amines is 1. The Balaban J connectivity index is 2.04. The molecule has 3 rings (SSSR count). The third-order valence-corrected chi connectivity index (χ3v) is 2.67. The van der Waals surface area contributed by atoms with Crippen LogP contribution in [-0.2, 0) is 6.54 Å². The van der Waals surface area contributed by atoms with Gasteiger partial charge in [0.25, 0.3) is 5.56 Å². The van der Waals surface area contributed by atoms with Crippen LogP contribution >= 0.6 is 0 Å². The van der Waals surface area contributed by atoms with Crippen LogP contribution in [-0.4, -0.2) is 24.7 Å². The van der Waals surface area contributed by atoms with Crippen LogP contribution in [0.15, 0.2) is 17.2 Å². The summed E-state index contributed by atoms with van der Waals surface area (Å²) in [5, 5.41) is 4.13. The van der Waals surface area contributed by atoms with Gasteiger partial charge in [0, 0.05) is 12.0 Å². The van der Waals surface area contributed by atoms with Gasteiger partial charge in [0.1, 0.15) is 12.2 Å². The van der Waals surface area contributed by atoms with Crippen molar-refractivity contribution in [3.63, 3.8) is 0 Å². The predicted octanol–water partition coefficient (Wildman–Crippen LogP) is -0.313. The maximum absolute atomic E-state index is 11.5. The zero-order chi connectivity index (χ0) is 11.8. The molecule has 0 aliphatic heterocycles. The van der Waals surface area contributed by atoms with E-state index < -0.39 is 0 Å². The highest BCUT2D eigenvalue weighted by Gasteiger charge is 2.26. The smallest absolute Gasteiger partial charge is 0.253 e. The van der Waals surface area contributed by atoms with Crippen LogP contribution in [0.4, 0.5) is 0 Å². The molecule has 1 aliphatic carbocycles. The lowest BCUT2D eigenvalue weighted by molar-refractivity contribution is 0.780. The van der Waals surface area contributed by atoms with Crippen LogP contribution in [0.25, 0.3) is 5.82 Å². The van der Waals surface area contributed by atoms with Crippen LogP contribution in [0, 0.1) is 0 Å². The predicted molar refractivity (Wildman–Crippen MR) is 59.6 cm³/mol. The van der Waals surface area contributed by atoms with Gasteiger partial charge < -0.3 is 10.7 Å². The summed E-state index contributed by atoms with van der Waals surface area (Å²) in [7, 11) is 0. The summed E-state index contributed by atoms with van der Waals surface area (Å²) in [6.45, 7) is 0.270. The van der Waals surface area contributed by atoms with Crippen molar-refractivity contribution in [3.8, 4) is 5.82 Å². The van der Waals surface area contributed by atoms with Gasteiger partial charge in [0.05, 0.1) is 6.54 Å². The molecule has 0 amide bonds. The Bertz CT molecular complexity index is 597. The van der Waals surface area contributed by atoms with E-state index in [0.717, 1.165) is 18.7 Å². The number of hydrogen-bond acceptors (Lipinski definition) is 5. The maximum atomic E-state index is 11.5. The summed E-state index contributed by atoms with van der Waals surface area (Å²) in [6.07, 6.45) is 3.68. The molecule has 0 atom stereocenters. The molecule has 2 heterocycles. The Morgan fingerprint density at radius 2 is 2.35 bits per heavy atom. The monoisotopic (exact) mass is 232 g/mol. The lowest BCUT2D eigenvalue weighted by Crippen LogP contribution is -2.14. The average molecular weight is 232 g/mol. The zero-order valence-electron chi connectivity index (χ0n) is 9.13. The van der Waals surface area contributed by atoms with Gasteiger partial charge in [-0.15, -0.1) is 5.10 Å². The molecule has 0 radical (unpaired) electrons. The number of nitrogens with two attached hydrogens (primary N) is 1. The first-order chi connectivity index (χ1) is 8.26. The molecule has 7 nitrogen and oxygen atoms in total. The molecule has 0 aromatic carbocycles. The van der Waals surface area contributed by atoms with E-state index in [9.17, 15) is 4.79 Å². The second kappa shape index (κ2) is 3.77. The van der Waals surface area contributed by atoms with Crippen LogP contribution in [0.5, 0.6) is 0 Å². The van der Waals surface area contributed by atoms with Gasteiger partial charge >= 0.3 is 0 Å². The Labute approximate surface area is 96.7 Å². The molecule has 2 aromatic heterocycles. The average Bonchev–Trinajstić information content (AvgIpc) is 3.06. The van der Waals surface area contributed by atoms with E-state index in [1.54, 1.807) is 0 Å². The first-order valence-electron chi connectivity index (χ1n) is 5.48. The van der Waals surface area contributed by atoms with Gasteiger partial charge in [-0.3, -0.25) is 4.79 Å². The summed E-state index contributed by atoms with van der Waals surface area (Å²) >= 11 is 0. The zero-order valence-corrected chi connectivity index (χ0v) is 9.13. The number of H-pyrrole nitrogens is 1. The van der Waals surface area contributed by atoms with Crippen LogP contribution in [0.3, 0.4) is 0 Å². The summed E-state index contributed by atoms with van der Waals surface area (Å²) in [5.41, 5.74) is 5.27. The molecule has 0 unspecified atom stereocenters. The molecular formula is C10H12N6O. The third kappa shape index (κ3) is 1.96. The van der Waals surface area contributed by atoms with Gasteiger partial charge in [-0.2, -0.15) is 0 Å². The molecule has 1 aliphatic rings. The number of nitrogens with zero attached hydrogens (tertiary/aromatic N) is 4. The van der Waals surface area contributed by atoms with Gasteiger partial charge in [-0.25, -0.2) is 14.6 Å². The molecule has 0 spiro atoms. The molecular weight excluding hydrogens is 220 g/mol. The van der Waals surface area contributed by atoms with Crippen LogP contribution in [0.2, 0.25) is 0 Å². The fourth-order valence-corrected chi connectivity index (χ4v) is 1.63. The molecule has 7 heteroatoms. The number of nitrogens with one attached hydrogen (secondary N) is 1. The second-order valence-corrected chi connectivity index (χ2v) is 4.07. The van der Waals surface area contributed by atoms with E-state index >= 15 is 0 Å². The quantitative estimate of drug-likeness (QED) is 0.755. The van der Waals surface area contributed by atoms with E-state index in [4.69, 9.17) is 5.73 Å². The minimum Gasteiger partial charge on any atom is -0.324 e. The van der Waals surface area contributed by atoms with Gasteiger partial charge in [-0.1, -0.05) is 0 Å². The van der Waals surface area contributed by atoms with E-state index in [1.165, 1.54) is 17.1 Å². The molecule has 0 bridgehead atoms. The fourth-order valence-electron chi connectivity index (χ4n) is 1.63. The Hall–Kier alpha value is -2.02. The van der Waals surface area contributed by atoms with Crippen molar-refractivity contribution in [2.75, 3.05) is 0 Å². The first-order valence-corrected chi connectivity index (χ1v) is 5.48. The molecule has 0 saturated heterocycles. The van der Waals surface area contributed by atoms with E-state index in [-0.39, 0.29) is 12.1 Å². The molecule has 88 valence electrons. The fraction of sp³-hybridized carbons (Fsp3) is 0.400. The van der Waals surface area contributed by atoms with Crippen LogP contribution in [0.1, 0.15) is 30.4 Å². The second-order valence-electron chi connectivity index (χ2n) is 4.07. The number of rotatable bonds is 3. The Morgan fingerprint density at radius 1 is 1.53 bits per heavy atom. The summed E-state index contributed by atoms with van der Waals surface area (Å²) in [6, 6.07) is 1.40. The van der Waals surface area contributed by atoms with Crippen molar-refractivity contribution in [1.29, 1.82) is 0 Å². The lowest BCUT2D eigenvalue weighted by Gasteiger charge is -2.01. The highest BCUT2D eigenvalue weighted by Crippen LogP contribution is 2.37. The minimum atomic E-state index is -0.165. The SMILES string of the molecule is NCc1ncn(-c2cc(=O)[nH]c(C3CC3)n2)n1. The highest BCUT2D eigenvalue weighted by atomic mass is 16.1. The molecule has 17 heavy (non-hydrogen) atoms. The topological polar surface area (TPSA) is 102 Å². The Morgan fingerprint density at radius 3 is 3.00 bits per heavy atom. The molecule has 1 saturated carbocycles. The van der Waals surface area contributed by atoms with Crippen molar-refractivity contribution in [2.24, 2.45) is 5.73 Å². The Kier molecular flexibility index (Phi) is 2.25. The van der Waals surface area contributed by atoms with Crippen molar-refractivity contribution in [3.05, 3.63) is 34.4 Å². The largest absolute Gasteiger partial charge is 0.324 e. The van der Waals surface area contributed by atoms with Crippen molar-refractivity contribution in [1.82, 2.24) is 24.7 Å². The minimum absolute atomic E-state index is 0.165. The molecule has 1 fully saturated rings. The normalized spacial score (nSPS) is 15.1. The third-order valence-electron chi connectivity index (χ3n) is 2.67. The maximum Gasteiger partial charge on any atom is 0.253 e. The summed E-state index contributed by atoms with van der Waals surface area (Å²) < 4.78 is 1.48. The van der Waals surface area contributed by atoms with E-state index in [0.29, 0.717) is 17.6 Å². The molecule has 2 aromatic rings. The summed E-state index contributed by atoms with van der Waals surface area (Å²) in [5.74, 6) is 2.14. The van der Waals surface area contributed by atoms with E-state index in [1.807, 2.05) is 0 Å². The van der Waals surface area contributed by atoms with Crippen molar-refractivity contribution < 1.29 is 0 Å². The van der Waals surface area contributed by atoms with Crippen LogP contribution < -0.4 is 11.3 Å². The van der Waals surface area contributed by atoms with E-state index in [2.05, 4.69) is 20.1 Å². The number of hydrogen-bond donors (Lipinski definition) is 2. The van der Waals surface area contributed by atoms with Gasteiger partial charge in [0.2, 0.25) is 0 Å².